The van der Waals surface area contributed by atoms with Crippen LogP contribution in [0.1, 0.15) is 40.4 Å². The molecule has 2 aromatic rings. The van der Waals surface area contributed by atoms with Gasteiger partial charge in [0, 0.05) is 43.8 Å². The molecule has 1 aliphatic carbocycles. The van der Waals surface area contributed by atoms with Gasteiger partial charge < -0.3 is 14.2 Å². The molecule has 0 spiro atoms. The van der Waals surface area contributed by atoms with E-state index in [-0.39, 0.29) is 17.5 Å². The molecule has 124 valence electrons. The van der Waals surface area contributed by atoms with Crippen LogP contribution < -0.4 is 10.3 Å². The molecule has 7 heteroatoms. The molecule has 0 aromatic carbocycles. The maximum Gasteiger partial charge on any atom is 0.316 e. The molecule has 4 rings (SSSR count). The number of nitrogens with zero attached hydrogens (tertiary/aromatic N) is 4. The second-order valence-electron chi connectivity index (χ2n) is 6.24. The number of aromatic nitrogens is 3. The fraction of sp³-hybridized carbons (Fsp3) is 0.412. The first kappa shape index (κ1) is 14.9. The quantitative estimate of drug-likeness (QED) is 0.846. The number of fused-ring (bicyclic) bond motifs is 1. The molecule has 2 aromatic heterocycles. The minimum absolute atomic E-state index is 0.0691. The van der Waals surface area contributed by atoms with Crippen LogP contribution in [0.5, 0.6) is 6.01 Å². The highest BCUT2D eigenvalue weighted by molar-refractivity contribution is 5.93. The van der Waals surface area contributed by atoms with Crippen molar-refractivity contribution in [3.05, 3.63) is 51.7 Å². The average molecular weight is 326 g/mol. The van der Waals surface area contributed by atoms with Gasteiger partial charge in [-0.3, -0.25) is 9.59 Å². The molecule has 0 N–H and O–H groups in total. The summed E-state index contributed by atoms with van der Waals surface area (Å²) in [5.41, 5.74) is 2.61. The van der Waals surface area contributed by atoms with Gasteiger partial charge in [-0.05, 0) is 30.4 Å². The Morgan fingerprint density at radius 3 is 2.67 bits per heavy atom. The Morgan fingerprint density at radius 2 is 2.00 bits per heavy atom. The third-order valence-electron chi connectivity index (χ3n) is 4.56. The van der Waals surface area contributed by atoms with Crippen molar-refractivity contribution in [3.63, 3.8) is 0 Å². The monoisotopic (exact) mass is 326 g/mol. The number of carbonyl (C=O) groups is 1. The number of ether oxygens (including phenoxy) is 1. The summed E-state index contributed by atoms with van der Waals surface area (Å²) in [7, 11) is 1.48. The van der Waals surface area contributed by atoms with Crippen molar-refractivity contribution < 1.29 is 9.53 Å². The van der Waals surface area contributed by atoms with Crippen molar-refractivity contribution in [3.8, 4) is 6.01 Å². The minimum atomic E-state index is -0.104. The lowest BCUT2D eigenvalue weighted by Gasteiger charge is -2.29. The molecular weight excluding hydrogens is 308 g/mol. The second-order valence-corrected chi connectivity index (χ2v) is 6.24. The molecule has 0 unspecified atom stereocenters. The fourth-order valence-corrected chi connectivity index (χ4v) is 3.07. The third kappa shape index (κ3) is 2.66. The van der Waals surface area contributed by atoms with Gasteiger partial charge in [0.25, 0.3) is 11.5 Å². The summed E-state index contributed by atoms with van der Waals surface area (Å²) in [6.07, 6.45) is 7.71. The summed E-state index contributed by atoms with van der Waals surface area (Å²) in [5.74, 6) is -0.104. The van der Waals surface area contributed by atoms with Crippen LogP contribution in [0.25, 0.3) is 0 Å². The zero-order valence-electron chi connectivity index (χ0n) is 13.4. The van der Waals surface area contributed by atoms with Crippen molar-refractivity contribution in [1.29, 1.82) is 0 Å². The van der Waals surface area contributed by atoms with Crippen molar-refractivity contribution in [2.75, 3.05) is 13.7 Å². The summed E-state index contributed by atoms with van der Waals surface area (Å²) in [6, 6.07) is 2.30. The first-order valence-corrected chi connectivity index (χ1v) is 8.05. The number of carbonyl (C=O) groups excluding carboxylic acids is 1. The highest BCUT2D eigenvalue weighted by Gasteiger charge is 2.28. The van der Waals surface area contributed by atoms with Crippen molar-refractivity contribution in [1.82, 2.24) is 19.4 Å². The lowest BCUT2D eigenvalue weighted by molar-refractivity contribution is 0.0733. The van der Waals surface area contributed by atoms with Crippen LogP contribution in [0, 0.1) is 0 Å². The van der Waals surface area contributed by atoms with Crippen LogP contribution in [0.15, 0.2) is 29.5 Å². The van der Waals surface area contributed by atoms with Crippen molar-refractivity contribution in [2.24, 2.45) is 0 Å². The van der Waals surface area contributed by atoms with Crippen molar-refractivity contribution in [2.45, 2.75) is 31.8 Å². The van der Waals surface area contributed by atoms with E-state index in [1.165, 1.54) is 19.5 Å². The Hall–Kier alpha value is -2.70. The third-order valence-corrected chi connectivity index (χ3v) is 4.56. The maximum absolute atomic E-state index is 12.6. The number of hydrogen-bond donors (Lipinski definition) is 0. The minimum Gasteiger partial charge on any atom is -0.467 e. The molecule has 0 bridgehead atoms. The van der Waals surface area contributed by atoms with E-state index in [9.17, 15) is 9.59 Å². The first-order valence-electron chi connectivity index (χ1n) is 8.05. The molecule has 7 nitrogen and oxygen atoms in total. The molecule has 1 aliphatic heterocycles. The van der Waals surface area contributed by atoms with Crippen molar-refractivity contribution >= 4 is 5.91 Å². The second kappa shape index (κ2) is 5.74. The Bertz CT molecular complexity index is 840. The van der Waals surface area contributed by atoms with Gasteiger partial charge in [0.1, 0.15) is 0 Å². The lowest BCUT2D eigenvalue weighted by atomic mass is 10.0. The highest BCUT2D eigenvalue weighted by atomic mass is 16.5. The summed E-state index contributed by atoms with van der Waals surface area (Å²) in [4.78, 5) is 34.5. The van der Waals surface area contributed by atoms with Crippen LogP contribution in [0.2, 0.25) is 0 Å². The van der Waals surface area contributed by atoms with Crippen LogP contribution in [-0.4, -0.2) is 39.0 Å². The van der Waals surface area contributed by atoms with Gasteiger partial charge in [-0.25, -0.2) is 9.97 Å². The van der Waals surface area contributed by atoms with Crippen LogP contribution in [0.3, 0.4) is 0 Å². The topological polar surface area (TPSA) is 77.3 Å². The van der Waals surface area contributed by atoms with Gasteiger partial charge in [-0.1, -0.05) is 0 Å². The van der Waals surface area contributed by atoms with Gasteiger partial charge in [0.05, 0.1) is 12.7 Å². The summed E-state index contributed by atoms with van der Waals surface area (Å²) in [5, 5.41) is 0. The SMILES string of the molecule is COc1ncc(C(=O)N2CCc3cc(=O)n(C4CC4)cc3C2)cn1. The van der Waals surface area contributed by atoms with Crippen LogP contribution >= 0.6 is 0 Å². The predicted molar refractivity (Wildman–Crippen MR) is 86.0 cm³/mol. The van der Waals surface area contributed by atoms with Crippen LogP contribution in [0.4, 0.5) is 0 Å². The van der Waals surface area contributed by atoms with Gasteiger partial charge in [-0.15, -0.1) is 0 Å². The van der Waals surface area contributed by atoms with E-state index in [1.807, 2.05) is 10.8 Å². The Kier molecular flexibility index (Phi) is 3.55. The molecule has 1 fully saturated rings. The van der Waals surface area contributed by atoms with Gasteiger partial charge in [0.15, 0.2) is 0 Å². The summed E-state index contributed by atoms with van der Waals surface area (Å²) >= 11 is 0. The Balaban J connectivity index is 1.57. The molecule has 0 saturated heterocycles. The molecule has 24 heavy (non-hydrogen) atoms. The van der Waals surface area contributed by atoms with Gasteiger partial charge in [-0.2, -0.15) is 0 Å². The number of hydrogen-bond acceptors (Lipinski definition) is 5. The molecule has 1 amide bonds. The number of amides is 1. The fourth-order valence-electron chi connectivity index (χ4n) is 3.07. The van der Waals surface area contributed by atoms with E-state index in [0.717, 1.165) is 24.0 Å². The largest absolute Gasteiger partial charge is 0.467 e. The van der Waals surface area contributed by atoms with E-state index in [4.69, 9.17) is 4.74 Å². The summed E-state index contributed by atoms with van der Waals surface area (Å²) in [6.45, 7) is 1.10. The highest BCUT2D eigenvalue weighted by Crippen LogP contribution is 2.34. The number of methoxy groups -OCH3 is 1. The van der Waals surface area contributed by atoms with E-state index >= 15 is 0 Å². The zero-order chi connectivity index (χ0) is 16.7. The molecule has 2 aliphatic rings. The molecular formula is C17H18N4O3. The van der Waals surface area contributed by atoms with Gasteiger partial charge in [0.2, 0.25) is 0 Å². The molecule has 0 radical (unpaired) electrons. The van der Waals surface area contributed by atoms with E-state index in [1.54, 1.807) is 11.0 Å². The number of pyridine rings is 1. The number of rotatable bonds is 3. The molecule has 0 atom stereocenters. The Morgan fingerprint density at radius 1 is 1.25 bits per heavy atom. The van der Waals surface area contributed by atoms with Crippen LogP contribution in [-0.2, 0) is 13.0 Å². The van der Waals surface area contributed by atoms with E-state index < -0.39 is 0 Å². The standard InChI is InChI=1S/C17H18N4O3/c1-24-17-18-7-12(8-19-17)16(23)20-5-4-11-6-15(22)21(14-2-3-14)10-13(11)9-20/h6-8,10,14H,2-5,9H2,1H3. The Labute approximate surface area is 138 Å². The normalized spacial score (nSPS) is 16.6. The van der Waals surface area contributed by atoms with E-state index in [0.29, 0.717) is 31.1 Å². The van der Waals surface area contributed by atoms with Gasteiger partial charge >= 0.3 is 6.01 Å². The van der Waals surface area contributed by atoms with E-state index in [2.05, 4.69) is 9.97 Å². The lowest BCUT2D eigenvalue weighted by Crippen LogP contribution is -2.37. The predicted octanol–water partition coefficient (Wildman–Crippen LogP) is 1.18. The summed E-state index contributed by atoms with van der Waals surface area (Å²) < 4.78 is 6.72. The maximum atomic E-state index is 12.6. The smallest absolute Gasteiger partial charge is 0.316 e. The molecule has 1 saturated carbocycles. The first-order chi connectivity index (χ1) is 11.7. The molecule has 3 heterocycles. The average Bonchev–Trinajstić information content (AvgIpc) is 3.45. The zero-order valence-corrected chi connectivity index (χ0v) is 13.4.